The van der Waals surface area contributed by atoms with Gasteiger partial charge in [0, 0.05) is 17.6 Å². The molecule has 5 heteroatoms. The van der Waals surface area contributed by atoms with Crippen LogP contribution in [0.15, 0.2) is 24.3 Å². The number of aliphatic carboxylic acids is 1. The van der Waals surface area contributed by atoms with Gasteiger partial charge in [-0.15, -0.1) is 0 Å². The summed E-state index contributed by atoms with van der Waals surface area (Å²) >= 11 is 0. The topological polar surface area (TPSA) is 49.8 Å². The minimum Gasteiger partial charge on any atom is -0.481 e. The molecule has 1 aromatic carbocycles. The Bertz CT molecular complexity index is 480. The fourth-order valence-electron chi connectivity index (χ4n) is 2.88. The van der Waals surface area contributed by atoms with E-state index in [0.717, 1.165) is 0 Å². The van der Waals surface area contributed by atoms with E-state index in [4.69, 9.17) is 4.74 Å². The van der Waals surface area contributed by atoms with Crippen molar-refractivity contribution in [2.24, 2.45) is 5.92 Å². The lowest BCUT2D eigenvalue weighted by molar-refractivity contribution is -0.143. The second-order valence-electron chi connectivity index (χ2n) is 5.16. The van der Waals surface area contributed by atoms with E-state index < -0.39 is 11.9 Å². The van der Waals surface area contributed by atoms with Crippen LogP contribution in [0.1, 0.15) is 24.9 Å². The highest BCUT2D eigenvalue weighted by Crippen LogP contribution is 2.31. The van der Waals surface area contributed by atoms with E-state index in [1.54, 1.807) is 18.2 Å². The molecule has 0 amide bonds. The zero-order valence-corrected chi connectivity index (χ0v) is 11.8. The average molecular weight is 281 g/mol. The molecule has 0 spiro atoms. The quantitative estimate of drug-likeness (QED) is 0.900. The summed E-state index contributed by atoms with van der Waals surface area (Å²) in [7, 11) is 1.84. The highest BCUT2D eigenvalue weighted by atomic mass is 19.1. The van der Waals surface area contributed by atoms with Crippen LogP contribution in [-0.4, -0.2) is 42.3 Å². The molecule has 1 saturated heterocycles. The van der Waals surface area contributed by atoms with Gasteiger partial charge in [-0.3, -0.25) is 9.69 Å². The molecular formula is C15H20FNO3. The molecule has 0 aromatic heterocycles. The minimum absolute atomic E-state index is 0.148. The zero-order valence-electron chi connectivity index (χ0n) is 11.8. The summed E-state index contributed by atoms with van der Waals surface area (Å²) in [5.41, 5.74) is 0.605. The Kier molecular flexibility index (Phi) is 4.73. The number of carboxylic acids is 1. The van der Waals surface area contributed by atoms with E-state index in [-0.39, 0.29) is 24.5 Å². The average Bonchev–Trinajstić information content (AvgIpc) is 2.91. The highest BCUT2D eigenvalue weighted by molar-refractivity contribution is 5.71. The Morgan fingerprint density at radius 2 is 2.20 bits per heavy atom. The molecule has 1 fully saturated rings. The van der Waals surface area contributed by atoms with Crippen molar-refractivity contribution in [2.75, 3.05) is 20.3 Å². The second kappa shape index (κ2) is 6.33. The number of nitrogens with zero attached hydrogens (tertiary/aromatic N) is 1. The molecule has 0 saturated carbocycles. The van der Waals surface area contributed by atoms with E-state index in [1.807, 2.05) is 18.9 Å². The summed E-state index contributed by atoms with van der Waals surface area (Å²) in [6.45, 7) is 2.57. The summed E-state index contributed by atoms with van der Waals surface area (Å²) in [4.78, 5) is 13.2. The first-order chi connectivity index (χ1) is 9.56. The van der Waals surface area contributed by atoms with Crippen molar-refractivity contribution in [3.8, 4) is 0 Å². The summed E-state index contributed by atoms with van der Waals surface area (Å²) in [6.07, 6.45) is 0.709. The van der Waals surface area contributed by atoms with Crippen LogP contribution in [0, 0.1) is 11.7 Å². The van der Waals surface area contributed by atoms with Gasteiger partial charge in [0.1, 0.15) is 5.82 Å². The SMILES string of the molecule is CCC(c1ccccc1F)N(C)C1COCC1C(=O)O. The number of hydrogen-bond donors (Lipinski definition) is 1. The molecule has 1 heterocycles. The second-order valence-corrected chi connectivity index (χ2v) is 5.16. The standard InChI is InChI=1S/C15H20FNO3/c1-3-13(10-6-4-5-7-12(10)16)17(2)14-9-20-8-11(14)15(18)19/h4-7,11,13-14H,3,8-9H2,1-2H3,(H,18,19). The monoisotopic (exact) mass is 281 g/mol. The third-order valence-electron chi connectivity index (χ3n) is 4.03. The smallest absolute Gasteiger partial charge is 0.310 e. The molecule has 110 valence electrons. The fourth-order valence-corrected chi connectivity index (χ4v) is 2.88. The molecule has 4 nitrogen and oxygen atoms in total. The predicted octanol–water partition coefficient (Wildman–Crippen LogP) is 2.31. The van der Waals surface area contributed by atoms with Crippen LogP contribution in [0.3, 0.4) is 0 Å². The van der Waals surface area contributed by atoms with Crippen LogP contribution < -0.4 is 0 Å². The lowest BCUT2D eigenvalue weighted by Gasteiger charge is -2.34. The van der Waals surface area contributed by atoms with Crippen molar-refractivity contribution >= 4 is 5.97 Å². The molecule has 3 unspecified atom stereocenters. The van der Waals surface area contributed by atoms with Crippen LogP contribution in [0.2, 0.25) is 0 Å². The number of hydrogen-bond acceptors (Lipinski definition) is 3. The van der Waals surface area contributed by atoms with Gasteiger partial charge < -0.3 is 9.84 Å². The molecule has 0 aliphatic carbocycles. The summed E-state index contributed by atoms with van der Waals surface area (Å²) in [5, 5.41) is 9.23. The molecule has 0 radical (unpaired) electrons. The minimum atomic E-state index is -0.859. The van der Waals surface area contributed by atoms with Crippen molar-refractivity contribution in [2.45, 2.75) is 25.4 Å². The van der Waals surface area contributed by atoms with Gasteiger partial charge in [0.2, 0.25) is 0 Å². The predicted molar refractivity (Wildman–Crippen MR) is 72.9 cm³/mol. The van der Waals surface area contributed by atoms with Gasteiger partial charge in [0.25, 0.3) is 0 Å². The third-order valence-corrected chi connectivity index (χ3v) is 4.03. The first-order valence-electron chi connectivity index (χ1n) is 6.83. The third kappa shape index (κ3) is 2.83. The molecule has 1 aromatic rings. The fraction of sp³-hybridized carbons (Fsp3) is 0.533. The molecular weight excluding hydrogens is 261 g/mol. The highest BCUT2D eigenvalue weighted by Gasteiger charge is 2.39. The van der Waals surface area contributed by atoms with E-state index in [1.165, 1.54) is 6.07 Å². The van der Waals surface area contributed by atoms with Crippen molar-refractivity contribution in [1.29, 1.82) is 0 Å². The number of carbonyl (C=O) groups is 1. The molecule has 1 N–H and O–H groups in total. The van der Waals surface area contributed by atoms with Crippen LogP contribution in [0.25, 0.3) is 0 Å². The Morgan fingerprint density at radius 1 is 1.50 bits per heavy atom. The molecule has 3 atom stereocenters. The summed E-state index contributed by atoms with van der Waals surface area (Å²) in [6, 6.07) is 6.28. The summed E-state index contributed by atoms with van der Waals surface area (Å²) < 4.78 is 19.3. The number of carboxylic acid groups (broad SMARTS) is 1. The molecule has 1 aliphatic heterocycles. The molecule has 0 bridgehead atoms. The molecule has 1 aliphatic rings. The van der Waals surface area contributed by atoms with Crippen molar-refractivity contribution in [3.63, 3.8) is 0 Å². The first-order valence-corrected chi connectivity index (χ1v) is 6.83. The largest absolute Gasteiger partial charge is 0.481 e. The van der Waals surface area contributed by atoms with E-state index in [0.29, 0.717) is 18.6 Å². The van der Waals surface area contributed by atoms with Gasteiger partial charge in [-0.1, -0.05) is 25.1 Å². The number of benzene rings is 1. The van der Waals surface area contributed by atoms with Gasteiger partial charge >= 0.3 is 5.97 Å². The van der Waals surface area contributed by atoms with Gasteiger partial charge in [-0.05, 0) is 19.5 Å². The lowest BCUT2D eigenvalue weighted by Crippen LogP contribution is -2.42. The van der Waals surface area contributed by atoms with Crippen molar-refractivity contribution in [3.05, 3.63) is 35.6 Å². The maximum atomic E-state index is 14.0. The first kappa shape index (κ1) is 14.9. The van der Waals surface area contributed by atoms with Crippen LogP contribution in [0.4, 0.5) is 4.39 Å². The van der Waals surface area contributed by atoms with Gasteiger partial charge in [0.15, 0.2) is 0 Å². The lowest BCUT2D eigenvalue weighted by atomic mass is 9.96. The maximum absolute atomic E-state index is 14.0. The normalized spacial score (nSPS) is 24.0. The number of ether oxygens (including phenoxy) is 1. The van der Waals surface area contributed by atoms with Crippen LogP contribution >= 0.6 is 0 Å². The summed E-state index contributed by atoms with van der Waals surface area (Å²) in [5.74, 6) is -1.67. The number of halogens is 1. The van der Waals surface area contributed by atoms with E-state index >= 15 is 0 Å². The zero-order chi connectivity index (χ0) is 14.7. The number of rotatable bonds is 5. The van der Waals surface area contributed by atoms with Gasteiger partial charge in [-0.25, -0.2) is 4.39 Å². The number of likely N-dealkylation sites (N-methyl/N-ethyl adjacent to an activating group) is 1. The maximum Gasteiger partial charge on any atom is 0.310 e. The Morgan fingerprint density at radius 3 is 2.80 bits per heavy atom. The van der Waals surface area contributed by atoms with Crippen molar-refractivity contribution < 1.29 is 19.0 Å². The van der Waals surface area contributed by atoms with Gasteiger partial charge in [0.05, 0.1) is 19.1 Å². The van der Waals surface area contributed by atoms with E-state index in [9.17, 15) is 14.3 Å². The molecule has 2 rings (SSSR count). The van der Waals surface area contributed by atoms with Gasteiger partial charge in [-0.2, -0.15) is 0 Å². The molecule has 20 heavy (non-hydrogen) atoms. The van der Waals surface area contributed by atoms with Crippen molar-refractivity contribution in [1.82, 2.24) is 4.90 Å². The Hall–Kier alpha value is -1.46. The Labute approximate surface area is 118 Å². The van der Waals surface area contributed by atoms with Crippen LogP contribution in [0.5, 0.6) is 0 Å². The Balaban J connectivity index is 2.23. The van der Waals surface area contributed by atoms with E-state index in [2.05, 4.69) is 0 Å². The van der Waals surface area contributed by atoms with Crippen LogP contribution in [-0.2, 0) is 9.53 Å².